The number of hydrogen-bond donors (Lipinski definition) is 2. The van der Waals surface area contributed by atoms with Gasteiger partial charge in [0.05, 0.1) is 4.75 Å². The fourth-order valence-corrected chi connectivity index (χ4v) is 3.91. The molecular formula is C10H20OS2. The van der Waals surface area contributed by atoms with Gasteiger partial charge in [0.2, 0.25) is 0 Å². The number of thiol groups is 1. The van der Waals surface area contributed by atoms with Crippen molar-refractivity contribution < 1.29 is 4.55 Å². The lowest BCUT2D eigenvalue weighted by molar-refractivity contribution is 0.649. The quantitative estimate of drug-likeness (QED) is 0.421. The molecule has 1 nitrogen and oxygen atoms in total. The predicted octanol–water partition coefficient (Wildman–Crippen LogP) is 3.34. The van der Waals surface area contributed by atoms with Gasteiger partial charge in [0.15, 0.2) is 0 Å². The van der Waals surface area contributed by atoms with Gasteiger partial charge in [-0.25, -0.2) is 0 Å². The summed E-state index contributed by atoms with van der Waals surface area (Å²) in [6.45, 7) is 3.98. The first-order valence-corrected chi connectivity index (χ1v) is 7.54. The highest BCUT2D eigenvalue weighted by Gasteiger charge is 2.24. The van der Waals surface area contributed by atoms with E-state index in [1.807, 2.05) is 26.0 Å². The molecule has 13 heavy (non-hydrogen) atoms. The molecule has 0 aromatic carbocycles. The average molecular weight is 220 g/mol. The molecule has 0 aliphatic carbocycles. The largest absolute Gasteiger partial charge is 0.329 e. The molecule has 0 atom stereocenters. The second-order valence-corrected chi connectivity index (χ2v) is 6.70. The standard InChI is InChI=1S/C10H20OS2/c1-5-7-10(12-11,8-6-2)9-13(3)4/h5-8,11,13H,9H2,1-4H3. The zero-order chi connectivity index (χ0) is 10.3. The minimum absolute atomic E-state index is 0.000664. The van der Waals surface area contributed by atoms with Crippen molar-refractivity contribution >= 4 is 22.9 Å². The highest BCUT2D eigenvalue weighted by Crippen LogP contribution is 2.34. The second kappa shape index (κ2) is 6.57. The molecule has 0 aliphatic heterocycles. The van der Waals surface area contributed by atoms with Gasteiger partial charge < -0.3 is 4.55 Å². The summed E-state index contributed by atoms with van der Waals surface area (Å²) in [6.07, 6.45) is 12.6. The Morgan fingerprint density at radius 3 is 1.92 bits per heavy atom. The molecule has 3 heteroatoms. The summed E-state index contributed by atoms with van der Waals surface area (Å²) in [6, 6.07) is 0. The first-order valence-electron chi connectivity index (χ1n) is 4.35. The highest BCUT2D eigenvalue weighted by molar-refractivity contribution is 8.16. The van der Waals surface area contributed by atoms with Gasteiger partial charge in [-0.1, -0.05) is 24.3 Å². The zero-order valence-electron chi connectivity index (χ0n) is 8.82. The number of rotatable bonds is 5. The predicted molar refractivity (Wildman–Crippen MR) is 68.3 cm³/mol. The maximum Gasteiger partial charge on any atom is 0.0852 e. The third-order valence-electron chi connectivity index (χ3n) is 1.63. The van der Waals surface area contributed by atoms with Crippen LogP contribution in [0.2, 0.25) is 0 Å². The monoisotopic (exact) mass is 220 g/mol. The molecule has 0 spiro atoms. The minimum Gasteiger partial charge on any atom is -0.329 e. The summed E-state index contributed by atoms with van der Waals surface area (Å²) in [5.74, 6) is 1.03. The van der Waals surface area contributed by atoms with E-state index in [1.165, 1.54) is 0 Å². The first kappa shape index (κ1) is 13.1. The Hall–Kier alpha value is 0.140. The Kier molecular flexibility index (Phi) is 6.64. The Balaban J connectivity index is 4.64. The van der Waals surface area contributed by atoms with Crippen molar-refractivity contribution in [2.24, 2.45) is 0 Å². The van der Waals surface area contributed by atoms with Crippen molar-refractivity contribution in [1.82, 2.24) is 0 Å². The highest BCUT2D eigenvalue weighted by atomic mass is 32.2. The minimum atomic E-state index is -0.196. The molecule has 0 rings (SSSR count). The molecule has 0 aromatic rings. The van der Waals surface area contributed by atoms with Crippen LogP contribution in [0.3, 0.4) is 0 Å². The second-order valence-electron chi connectivity index (χ2n) is 3.28. The van der Waals surface area contributed by atoms with Gasteiger partial charge in [-0.05, 0) is 32.1 Å². The third kappa shape index (κ3) is 4.79. The fraction of sp³-hybridized carbons (Fsp3) is 0.600. The normalized spacial score (nSPS) is 18.1. The Morgan fingerprint density at radius 2 is 1.69 bits per heavy atom. The SMILES string of the molecule is CC=CC(C=CC)(C[SH](C)C)SO. The average Bonchev–Trinajstić information content (AvgIpc) is 2.04. The maximum absolute atomic E-state index is 9.31. The van der Waals surface area contributed by atoms with Gasteiger partial charge in [-0.15, -0.1) is 0 Å². The van der Waals surface area contributed by atoms with E-state index in [0.29, 0.717) is 0 Å². The molecule has 0 amide bonds. The van der Waals surface area contributed by atoms with E-state index in [9.17, 15) is 4.55 Å². The summed E-state index contributed by atoms with van der Waals surface area (Å²) < 4.78 is 9.12. The number of allylic oxidation sites excluding steroid dienone is 2. The third-order valence-corrected chi connectivity index (χ3v) is 3.76. The molecule has 0 aliphatic rings. The van der Waals surface area contributed by atoms with E-state index in [0.717, 1.165) is 17.8 Å². The van der Waals surface area contributed by atoms with Gasteiger partial charge in [0.1, 0.15) is 0 Å². The number of hydrogen-bond acceptors (Lipinski definition) is 2. The molecule has 0 aromatic heterocycles. The van der Waals surface area contributed by atoms with Crippen LogP contribution in [-0.4, -0.2) is 27.6 Å². The van der Waals surface area contributed by atoms with Crippen molar-refractivity contribution in [3.05, 3.63) is 24.3 Å². The van der Waals surface area contributed by atoms with Gasteiger partial charge >= 0.3 is 0 Å². The van der Waals surface area contributed by atoms with Crippen LogP contribution in [0.4, 0.5) is 0 Å². The van der Waals surface area contributed by atoms with E-state index in [-0.39, 0.29) is 15.6 Å². The van der Waals surface area contributed by atoms with Crippen LogP contribution < -0.4 is 0 Å². The zero-order valence-corrected chi connectivity index (χ0v) is 10.5. The maximum atomic E-state index is 9.31. The first-order chi connectivity index (χ1) is 6.10. The van der Waals surface area contributed by atoms with E-state index in [2.05, 4.69) is 24.7 Å². The fourth-order valence-electron chi connectivity index (χ4n) is 1.31. The van der Waals surface area contributed by atoms with Crippen molar-refractivity contribution in [1.29, 1.82) is 0 Å². The molecule has 0 unspecified atom stereocenters. The van der Waals surface area contributed by atoms with Crippen LogP contribution in [0, 0.1) is 0 Å². The van der Waals surface area contributed by atoms with Crippen molar-refractivity contribution in [3.8, 4) is 0 Å². The summed E-state index contributed by atoms with van der Waals surface area (Å²) in [7, 11) is -0.000664. The molecule has 0 radical (unpaired) electrons. The van der Waals surface area contributed by atoms with Crippen molar-refractivity contribution in [3.63, 3.8) is 0 Å². The molecule has 0 bridgehead atoms. The van der Waals surface area contributed by atoms with Crippen LogP contribution in [0.5, 0.6) is 0 Å². The van der Waals surface area contributed by atoms with Crippen LogP contribution in [0.25, 0.3) is 0 Å². The van der Waals surface area contributed by atoms with E-state index in [4.69, 9.17) is 0 Å². The molecular weight excluding hydrogens is 200 g/mol. The van der Waals surface area contributed by atoms with Gasteiger partial charge in [-0.2, -0.15) is 0 Å². The summed E-state index contributed by atoms with van der Waals surface area (Å²) in [4.78, 5) is 0. The Bertz CT molecular complexity index is 173. The molecule has 1 N–H and O–H groups in total. The van der Waals surface area contributed by atoms with Crippen LogP contribution in [0.1, 0.15) is 13.8 Å². The van der Waals surface area contributed by atoms with Crippen molar-refractivity contribution in [2.75, 3.05) is 18.3 Å². The van der Waals surface area contributed by atoms with Crippen LogP contribution in [-0.2, 0) is 0 Å². The van der Waals surface area contributed by atoms with Gasteiger partial charge in [0.25, 0.3) is 0 Å². The van der Waals surface area contributed by atoms with Crippen LogP contribution >= 0.6 is 22.9 Å². The van der Waals surface area contributed by atoms with E-state index < -0.39 is 0 Å². The van der Waals surface area contributed by atoms with Crippen molar-refractivity contribution in [2.45, 2.75) is 18.6 Å². The van der Waals surface area contributed by atoms with E-state index in [1.54, 1.807) is 0 Å². The summed E-state index contributed by atoms with van der Waals surface area (Å²) in [5.41, 5.74) is 0. The van der Waals surface area contributed by atoms with E-state index >= 15 is 0 Å². The smallest absolute Gasteiger partial charge is 0.0852 e. The lowest BCUT2D eigenvalue weighted by Crippen LogP contribution is -2.23. The topological polar surface area (TPSA) is 20.2 Å². The molecule has 0 saturated carbocycles. The molecule has 0 fully saturated rings. The Morgan fingerprint density at radius 1 is 1.23 bits per heavy atom. The molecule has 78 valence electrons. The molecule has 0 heterocycles. The summed E-state index contributed by atoms with van der Waals surface area (Å²) >= 11 is 0.937. The van der Waals surface area contributed by atoms with Gasteiger partial charge in [0, 0.05) is 12.0 Å². The Labute approximate surface area is 88.9 Å². The lowest BCUT2D eigenvalue weighted by atomic mass is 10.1. The summed E-state index contributed by atoms with van der Waals surface area (Å²) in [5, 5.41) is 0. The van der Waals surface area contributed by atoms with Gasteiger partial charge in [-0.3, -0.25) is 10.9 Å². The lowest BCUT2D eigenvalue weighted by Gasteiger charge is -2.26. The molecule has 0 saturated heterocycles. The van der Waals surface area contributed by atoms with Crippen LogP contribution in [0.15, 0.2) is 24.3 Å².